The Hall–Kier alpha value is -2.33. The van der Waals surface area contributed by atoms with Gasteiger partial charge in [-0.25, -0.2) is 4.79 Å². The average Bonchev–Trinajstić information content (AvgIpc) is 2.56. The molecule has 0 radical (unpaired) electrons. The molecule has 114 valence electrons. The Labute approximate surface area is 134 Å². The minimum atomic E-state index is -0.794. The van der Waals surface area contributed by atoms with Gasteiger partial charge in [-0.05, 0) is 23.8 Å². The molecule has 0 bridgehead atoms. The zero-order valence-electron chi connectivity index (χ0n) is 12.1. The van der Waals surface area contributed by atoms with Gasteiger partial charge in [0.15, 0.2) is 0 Å². The number of rotatable bonds is 5. The fourth-order valence-corrected chi connectivity index (χ4v) is 2.26. The molecule has 0 heterocycles. The normalized spacial score (nSPS) is 11.5. The summed E-state index contributed by atoms with van der Waals surface area (Å²) in [6.45, 7) is 0. The zero-order valence-corrected chi connectivity index (χ0v) is 12.8. The molecule has 5 heteroatoms. The highest BCUT2D eigenvalue weighted by atomic mass is 35.5. The molecule has 22 heavy (non-hydrogen) atoms. The summed E-state index contributed by atoms with van der Waals surface area (Å²) in [6, 6.07) is 15.1. The third-order valence-electron chi connectivity index (χ3n) is 3.21. The number of methoxy groups -OCH3 is 1. The van der Waals surface area contributed by atoms with Gasteiger partial charge in [0.1, 0.15) is 6.04 Å². The van der Waals surface area contributed by atoms with Crippen molar-refractivity contribution in [2.24, 2.45) is 0 Å². The molecule has 0 aliphatic carbocycles. The van der Waals surface area contributed by atoms with E-state index in [1.807, 2.05) is 24.3 Å². The fourth-order valence-electron chi connectivity index (χ4n) is 2.05. The van der Waals surface area contributed by atoms with Crippen molar-refractivity contribution in [3.63, 3.8) is 0 Å². The Morgan fingerprint density at radius 2 is 1.73 bits per heavy atom. The van der Waals surface area contributed by atoms with Crippen LogP contribution in [0.25, 0.3) is 0 Å². The van der Waals surface area contributed by atoms with E-state index in [-0.39, 0.29) is 12.3 Å². The van der Waals surface area contributed by atoms with Crippen LogP contribution < -0.4 is 5.32 Å². The van der Waals surface area contributed by atoms with E-state index in [1.54, 1.807) is 30.3 Å². The van der Waals surface area contributed by atoms with E-state index in [2.05, 4.69) is 5.32 Å². The first-order valence-corrected chi connectivity index (χ1v) is 7.16. The van der Waals surface area contributed by atoms with Crippen LogP contribution >= 0.6 is 11.6 Å². The molecule has 0 spiro atoms. The van der Waals surface area contributed by atoms with Crippen LogP contribution in [0.1, 0.15) is 15.9 Å². The Balaban J connectivity index is 2.15. The third kappa shape index (κ3) is 4.09. The van der Waals surface area contributed by atoms with E-state index in [9.17, 15) is 9.59 Å². The molecule has 0 aliphatic heterocycles. The van der Waals surface area contributed by atoms with E-state index in [4.69, 9.17) is 16.3 Å². The van der Waals surface area contributed by atoms with Crippen molar-refractivity contribution in [1.29, 1.82) is 0 Å². The molecule has 1 N–H and O–H groups in total. The number of carbonyl (C=O) groups is 2. The first-order chi connectivity index (χ1) is 10.6. The largest absolute Gasteiger partial charge is 0.467 e. The predicted molar refractivity (Wildman–Crippen MR) is 84.9 cm³/mol. The van der Waals surface area contributed by atoms with Crippen molar-refractivity contribution in [2.75, 3.05) is 7.11 Å². The van der Waals surface area contributed by atoms with Gasteiger partial charge in [-0.3, -0.25) is 4.79 Å². The summed E-state index contributed by atoms with van der Waals surface area (Å²) < 4.78 is 4.76. The fraction of sp³-hybridized carbons (Fsp3) is 0.176. The van der Waals surface area contributed by atoms with E-state index >= 15 is 0 Å². The lowest BCUT2D eigenvalue weighted by molar-refractivity contribution is -0.142. The lowest BCUT2D eigenvalue weighted by Gasteiger charge is -2.17. The SMILES string of the molecule is COC(=O)[C@H](Cc1ccccc1Cl)NC(=O)c1ccccc1. The van der Waals surface area contributed by atoms with E-state index in [0.717, 1.165) is 5.56 Å². The van der Waals surface area contributed by atoms with Crippen molar-refractivity contribution < 1.29 is 14.3 Å². The van der Waals surface area contributed by atoms with E-state index < -0.39 is 12.0 Å². The third-order valence-corrected chi connectivity index (χ3v) is 3.58. The van der Waals surface area contributed by atoms with Crippen LogP contribution in [0.4, 0.5) is 0 Å². The molecule has 2 aromatic rings. The minimum absolute atomic E-state index is 0.269. The second-order valence-corrected chi connectivity index (χ2v) is 5.12. The quantitative estimate of drug-likeness (QED) is 0.863. The van der Waals surface area contributed by atoms with Crippen LogP contribution in [0, 0.1) is 0 Å². The summed E-state index contributed by atoms with van der Waals surface area (Å²) in [5.74, 6) is -0.841. The molecule has 4 nitrogen and oxygen atoms in total. The van der Waals surface area contributed by atoms with Crippen molar-refractivity contribution in [3.8, 4) is 0 Å². The number of hydrogen-bond donors (Lipinski definition) is 1. The topological polar surface area (TPSA) is 55.4 Å². The van der Waals surface area contributed by atoms with Crippen molar-refractivity contribution in [2.45, 2.75) is 12.5 Å². The van der Waals surface area contributed by atoms with E-state index in [0.29, 0.717) is 10.6 Å². The first-order valence-electron chi connectivity index (χ1n) is 6.79. The first kappa shape index (κ1) is 16.0. The molecule has 0 saturated heterocycles. The summed E-state index contributed by atoms with van der Waals surface area (Å²) in [7, 11) is 1.29. The monoisotopic (exact) mass is 317 g/mol. The molecule has 0 aromatic heterocycles. The van der Waals surface area contributed by atoms with Gasteiger partial charge in [0.05, 0.1) is 7.11 Å². The van der Waals surface area contributed by atoms with Crippen LogP contribution in [0.15, 0.2) is 54.6 Å². The lowest BCUT2D eigenvalue weighted by atomic mass is 10.1. The van der Waals surface area contributed by atoms with Crippen molar-refractivity contribution in [3.05, 3.63) is 70.7 Å². The number of halogens is 1. The number of amides is 1. The zero-order chi connectivity index (χ0) is 15.9. The van der Waals surface area contributed by atoms with Gasteiger partial charge in [0, 0.05) is 17.0 Å². The summed E-state index contributed by atoms with van der Waals surface area (Å²) in [4.78, 5) is 24.1. The number of ether oxygens (including phenoxy) is 1. The number of hydrogen-bond acceptors (Lipinski definition) is 3. The highest BCUT2D eigenvalue weighted by Crippen LogP contribution is 2.17. The van der Waals surface area contributed by atoms with E-state index in [1.165, 1.54) is 7.11 Å². The summed E-state index contributed by atoms with van der Waals surface area (Å²) in [5, 5.41) is 3.23. The second kappa shape index (κ2) is 7.61. The Bertz CT molecular complexity index is 658. The Kier molecular flexibility index (Phi) is 5.55. The number of carbonyl (C=O) groups excluding carboxylic acids is 2. The van der Waals surface area contributed by atoms with Crippen LogP contribution in [-0.2, 0) is 16.0 Å². The highest BCUT2D eigenvalue weighted by molar-refractivity contribution is 6.31. The number of esters is 1. The molecular formula is C17H16ClNO3. The second-order valence-electron chi connectivity index (χ2n) is 4.71. The van der Waals surface area contributed by atoms with Crippen molar-refractivity contribution >= 4 is 23.5 Å². The molecule has 2 rings (SSSR count). The molecule has 0 fully saturated rings. The molecule has 0 aliphatic rings. The summed E-state index contributed by atoms with van der Waals surface area (Å²) in [6.07, 6.45) is 0.269. The Morgan fingerprint density at radius 3 is 2.36 bits per heavy atom. The molecule has 2 aromatic carbocycles. The maximum absolute atomic E-state index is 12.2. The summed E-state index contributed by atoms with van der Waals surface area (Å²) in [5.41, 5.74) is 1.25. The molecule has 1 atom stereocenters. The molecule has 1 amide bonds. The van der Waals surface area contributed by atoms with Crippen LogP contribution in [-0.4, -0.2) is 25.0 Å². The maximum atomic E-state index is 12.2. The molecule has 0 saturated carbocycles. The van der Waals surface area contributed by atoms with Gasteiger partial charge >= 0.3 is 5.97 Å². The smallest absolute Gasteiger partial charge is 0.328 e. The van der Waals surface area contributed by atoms with Crippen molar-refractivity contribution in [1.82, 2.24) is 5.32 Å². The predicted octanol–water partition coefficient (Wildman–Crippen LogP) is 2.85. The van der Waals surface area contributed by atoms with Crippen LogP contribution in [0.3, 0.4) is 0 Å². The van der Waals surface area contributed by atoms with Gasteiger partial charge in [-0.1, -0.05) is 48.0 Å². The van der Waals surface area contributed by atoms with Crippen LogP contribution in [0.5, 0.6) is 0 Å². The maximum Gasteiger partial charge on any atom is 0.328 e. The standard InChI is InChI=1S/C17H16ClNO3/c1-22-17(21)15(11-13-9-5-6-10-14(13)18)19-16(20)12-7-3-2-4-8-12/h2-10,15H,11H2,1H3,(H,19,20)/t15-/m0/s1. The average molecular weight is 318 g/mol. The summed E-state index contributed by atoms with van der Waals surface area (Å²) >= 11 is 6.10. The molecule has 0 unspecified atom stereocenters. The number of nitrogens with one attached hydrogen (secondary N) is 1. The van der Waals surface area contributed by atoms with Gasteiger partial charge in [-0.2, -0.15) is 0 Å². The van der Waals surface area contributed by atoms with Gasteiger partial charge in [-0.15, -0.1) is 0 Å². The molecular weight excluding hydrogens is 302 g/mol. The van der Waals surface area contributed by atoms with Gasteiger partial charge in [0.25, 0.3) is 5.91 Å². The number of benzene rings is 2. The van der Waals surface area contributed by atoms with Gasteiger partial charge < -0.3 is 10.1 Å². The Morgan fingerprint density at radius 1 is 1.09 bits per heavy atom. The lowest BCUT2D eigenvalue weighted by Crippen LogP contribution is -2.43. The minimum Gasteiger partial charge on any atom is -0.467 e. The van der Waals surface area contributed by atoms with Gasteiger partial charge in [0.2, 0.25) is 0 Å². The highest BCUT2D eigenvalue weighted by Gasteiger charge is 2.23. The van der Waals surface area contributed by atoms with Crippen LogP contribution in [0.2, 0.25) is 5.02 Å².